The van der Waals surface area contributed by atoms with Crippen LogP contribution in [-0.2, 0) is 13.2 Å². The number of carboxylic acids is 1. The van der Waals surface area contributed by atoms with E-state index in [1.54, 1.807) is 0 Å². The number of aromatic amines is 1. The summed E-state index contributed by atoms with van der Waals surface area (Å²) in [5.41, 5.74) is 0.166. The van der Waals surface area contributed by atoms with Gasteiger partial charge in [0.1, 0.15) is 0 Å². The summed E-state index contributed by atoms with van der Waals surface area (Å²) in [4.78, 5) is 13.8. The fourth-order valence-electron chi connectivity index (χ4n) is 2.36. The minimum atomic E-state index is -4.46. The van der Waals surface area contributed by atoms with Gasteiger partial charge in [-0.25, -0.2) is 4.79 Å². The predicted molar refractivity (Wildman–Crippen MR) is 72.5 cm³/mol. The molecule has 2 aromatic heterocycles. The van der Waals surface area contributed by atoms with Gasteiger partial charge in [0.15, 0.2) is 5.69 Å². The summed E-state index contributed by atoms with van der Waals surface area (Å²) >= 11 is 0. The van der Waals surface area contributed by atoms with Gasteiger partial charge in [-0.05, 0) is 18.2 Å². The standard InChI is InChI=1S/C14H10F3N3O2/c1-20-12(6-11(19-20)13(21)22)10-5-7-8(14(15,16)17)3-2-4-9(7)18-10/h2-6,18H,1H3,(H,21,22). The molecule has 0 saturated carbocycles. The third-order valence-corrected chi connectivity index (χ3v) is 3.34. The number of aromatic carboxylic acids is 1. The number of aromatic nitrogens is 3. The summed E-state index contributed by atoms with van der Waals surface area (Å²) in [6.45, 7) is 0. The third kappa shape index (κ3) is 2.22. The summed E-state index contributed by atoms with van der Waals surface area (Å²) in [7, 11) is 1.53. The number of hydrogen-bond donors (Lipinski definition) is 2. The quantitative estimate of drug-likeness (QED) is 0.763. The average Bonchev–Trinajstić information content (AvgIpc) is 2.99. The van der Waals surface area contributed by atoms with E-state index in [2.05, 4.69) is 10.1 Å². The zero-order valence-electron chi connectivity index (χ0n) is 11.3. The molecular formula is C14H10F3N3O2. The van der Waals surface area contributed by atoms with E-state index in [0.29, 0.717) is 16.9 Å². The van der Waals surface area contributed by atoms with Crippen molar-refractivity contribution in [2.45, 2.75) is 6.18 Å². The molecule has 0 saturated heterocycles. The minimum Gasteiger partial charge on any atom is -0.476 e. The second kappa shape index (κ2) is 4.62. The maximum Gasteiger partial charge on any atom is 0.417 e. The Balaban J connectivity index is 2.19. The van der Waals surface area contributed by atoms with Crippen LogP contribution in [0.4, 0.5) is 13.2 Å². The number of benzene rings is 1. The number of hydrogen-bond acceptors (Lipinski definition) is 2. The molecule has 0 bridgehead atoms. The first kappa shape index (κ1) is 14.2. The molecule has 2 N–H and O–H groups in total. The number of fused-ring (bicyclic) bond motifs is 1. The van der Waals surface area contributed by atoms with Crippen LogP contribution in [0.3, 0.4) is 0 Å². The van der Waals surface area contributed by atoms with Crippen molar-refractivity contribution >= 4 is 16.9 Å². The summed E-state index contributed by atoms with van der Waals surface area (Å²) in [6.07, 6.45) is -4.46. The van der Waals surface area contributed by atoms with Crippen molar-refractivity contribution in [1.29, 1.82) is 0 Å². The van der Waals surface area contributed by atoms with Gasteiger partial charge < -0.3 is 10.1 Å². The van der Waals surface area contributed by atoms with Crippen molar-refractivity contribution in [3.05, 3.63) is 41.6 Å². The van der Waals surface area contributed by atoms with Crippen molar-refractivity contribution in [1.82, 2.24) is 14.8 Å². The van der Waals surface area contributed by atoms with Crippen LogP contribution in [0.5, 0.6) is 0 Å². The van der Waals surface area contributed by atoms with E-state index in [9.17, 15) is 18.0 Å². The fourth-order valence-corrected chi connectivity index (χ4v) is 2.36. The van der Waals surface area contributed by atoms with Crippen molar-refractivity contribution in [3.8, 4) is 11.4 Å². The lowest BCUT2D eigenvalue weighted by molar-refractivity contribution is -0.136. The first-order valence-electron chi connectivity index (χ1n) is 6.24. The molecule has 8 heteroatoms. The molecule has 0 unspecified atom stereocenters. The maximum absolute atomic E-state index is 13.0. The van der Waals surface area contributed by atoms with Crippen LogP contribution in [-0.4, -0.2) is 25.8 Å². The lowest BCUT2D eigenvalue weighted by atomic mass is 10.1. The van der Waals surface area contributed by atoms with Crippen LogP contribution in [0.25, 0.3) is 22.3 Å². The average molecular weight is 309 g/mol. The number of alkyl halides is 3. The van der Waals surface area contributed by atoms with Crippen LogP contribution >= 0.6 is 0 Å². The summed E-state index contributed by atoms with van der Waals surface area (Å²) in [5, 5.41) is 12.8. The van der Waals surface area contributed by atoms with Crippen LogP contribution in [0.15, 0.2) is 30.3 Å². The molecule has 0 amide bonds. The van der Waals surface area contributed by atoms with E-state index in [1.165, 1.54) is 36.0 Å². The molecule has 0 aliphatic heterocycles. The predicted octanol–water partition coefficient (Wildman–Crippen LogP) is 3.29. The van der Waals surface area contributed by atoms with Crippen molar-refractivity contribution < 1.29 is 23.1 Å². The SMILES string of the molecule is Cn1nc(C(=O)O)cc1-c1cc2c(C(F)(F)F)cccc2[nH]1. The molecule has 0 spiro atoms. The number of nitrogens with zero attached hydrogens (tertiary/aromatic N) is 2. The van der Waals surface area contributed by atoms with Gasteiger partial charge in [-0.2, -0.15) is 18.3 Å². The van der Waals surface area contributed by atoms with E-state index in [0.717, 1.165) is 6.07 Å². The molecule has 5 nitrogen and oxygen atoms in total. The molecule has 22 heavy (non-hydrogen) atoms. The Morgan fingerprint density at radius 2 is 2.05 bits per heavy atom. The number of halogens is 3. The van der Waals surface area contributed by atoms with E-state index < -0.39 is 17.7 Å². The van der Waals surface area contributed by atoms with Gasteiger partial charge in [0.25, 0.3) is 0 Å². The minimum absolute atomic E-state index is 0.0306. The van der Waals surface area contributed by atoms with E-state index in [-0.39, 0.29) is 11.1 Å². The monoisotopic (exact) mass is 309 g/mol. The number of aryl methyl sites for hydroxylation is 1. The van der Waals surface area contributed by atoms with Crippen molar-refractivity contribution in [2.24, 2.45) is 7.05 Å². The largest absolute Gasteiger partial charge is 0.476 e. The molecule has 3 aromatic rings. The lowest BCUT2D eigenvalue weighted by Crippen LogP contribution is -2.04. The molecule has 3 rings (SSSR count). The smallest absolute Gasteiger partial charge is 0.417 e. The van der Waals surface area contributed by atoms with Gasteiger partial charge in [0, 0.05) is 24.0 Å². The lowest BCUT2D eigenvalue weighted by Gasteiger charge is -2.06. The second-order valence-corrected chi connectivity index (χ2v) is 4.79. The van der Waals surface area contributed by atoms with Gasteiger partial charge in [-0.3, -0.25) is 4.68 Å². The van der Waals surface area contributed by atoms with E-state index in [4.69, 9.17) is 5.11 Å². The number of carbonyl (C=O) groups is 1. The van der Waals surface area contributed by atoms with Crippen LogP contribution in [0, 0.1) is 0 Å². The Kier molecular flexibility index (Phi) is 2.98. The molecule has 1 aromatic carbocycles. The molecule has 0 atom stereocenters. The highest BCUT2D eigenvalue weighted by Crippen LogP contribution is 2.36. The number of nitrogens with one attached hydrogen (secondary N) is 1. The molecular weight excluding hydrogens is 299 g/mol. The van der Waals surface area contributed by atoms with Crippen LogP contribution in [0.1, 0.15) is 16.1 Å². The maximum atomic E-state index is 13.0. The van der Waals surface area contributed by atoms with Crippen molar-refractivity contribution in [2.75, 3.05) is 0 Å². The highest BCUT2D eigenvalue weighted by atomic mass is 19.4. The Labute approximate surface area is 122 Å². The van der Waals surface area contributed by atoms with Gasteiger partial charge >= 0.3 is 12.1 Å². The Morgan fingerprint density at radius 1 is 1.32 bits per heavy atom. The zero-order valence-corrected chi connectivity index (χ0v) is 11.3. The normalized spacial score (nSPS) is 12.0. The highest BCUT2D eigenvalue weighted by Gasteiger charge is 2.33. The Morgan fingerprint density at radius 3 is 2.64 bits per heavy atom. The molecule has 2 heterocycles. The summed E-state index contributed by atoms with van der Waals surface area (Å²) in [6, 6.07) is 6.51. The first-order valence-corrected chi connectivity index (χ1v) is 6.24. The van der Waals surface area contributed by atoms with Gasteiger partial charge in [0.2, 0.25) is 0 Å². The van der Waals surface area contributed by atoms with Crippen LogP contribution in [0.2, 0.25) is 0 Å². The van der Waals surface area contributed by atoms with Crippen molar-refractivity contribution in [3.63, 3.8) is 0 Å². The second-order valence-electron chi connectivity index (χ2n) is 4.79. The number of rotatable bonds is 2. The van der Waals surface area contributed by atoms with Gasteiger partial charge in [0.05, 0.1) is 17.0 Å². The molecule has 0 fully saturated rings. The fraction of sp³-hybridized carbons (Fsp3) is 0.143. The molecule has 0 aliphatic rings. The summed E-state index contributed by atoms with van der Waals surface area (Å²) < 4.78 is 40.3. The van der Waals surface area contributed by atoms with Gasteiger partial charge in [-0.1, -0.05) is 6.07 Å². The first-order chi connectivity index (χ1) is 10.3. The molecule has 114 valence electrons. The van der Waals surface area contributed by atoms with E-state index >= 15 is 0 Å². The van der Waals surface area contributed by atoms with Gasteiger partial charge in [-0.15, -0.1) is 0 Å². The summed E-state index contributed by atoms with van der Waals surface area (Å²) in [5.74, 6) is -1.20. The number of H-pyrrole nitrogens is 1. The Hall–Kier alpha value is -2.77. The van der Waals surface area contributed by atoms with E-state index in [1.807, 2.05) is 0 Å². The highest BCUT2D eigenvalue weighted by molar-refractivity contribution is 5.90. The third-order valence-electron chi connectivity index (χ3n) is 3.34. The zero-order chi connectivity index (χ0) is 16.1. The molecule has 0 radical (unpaired) electrons. The Bertz CT molecular complexity index is 877. The van der Waals surface area contributed by atoms with Crippen LogP contribution < -0.4 is 0 Å². The number of carboxylic acid groups (broad SMARTS) is 1. The topological polar surface area (TPSA) is 70.9 Å². The molecule has 0 aliphatic carbocycles.